The maximum absolute atomic E-state index is 8.90. The molecule has 1 fully saturated rings. The van der Waals surface area contributed by atoms with Gasteiger partial charge in [-0.2, -0.15) is 0 Å². The first-order valence-electron chi connectivity index (χ1n) is 5.38. The van der Waals surface area contributed by atoms with E-state index in [2.05, 4.69) is 10.2 Å². The van der Waals surface area contributed by atoms with Gasteiger partial charge >= 0.3 is 0 Å². The summed E-state index contributed by atoms with van der Waals surface area (Å²) >= 11 is 0. The van der Waals surface area contributed by atoms with Crippen molar-refractivity contribution in [2.45, 2.75) is 31.7 Å². The van der Waals surface area contributed by atoms with Crippen molar-refractivity contribution in [1.29, 1.82) is 0 Å². The minimum atomic E-state index is 0.302. The number of nitrogens with one attached hydrogen (secondary N) is 1. The second-order valence-electron chi connectivity index (χ2n) is 3.80. The van der Waals surface area contributed by atoms with Crippen LogP contribution in [0.5, 0.6) is 0 Å². The Kier molecular flexibility index (Phi) is 5.35. The van der Waals surface area contributed by atoms with Gasteiger partial charge in [0.15, 0.2) is 0 Å². The van der Waals surface area contributed by atoms with Crippen molar-refractivity contribution in [3.8, 4) is 0 Å². The van der Waals surface area contributed by atoms with E-state index in [-0.39, 0.29) is 0 Å². The molecule has 0 amide bonds. The molecule has 0 aromatic carbocycles. The number of hydrogen-bond donors (Lipinski definition) is 2. The van der Waals surface area contributed by atoms with Crippen molar-refractivity contribution in [2.75, 3.05) is 33.3 Å². The Bertz CT molecular complexity index is 128. The molecule has 2 N–H and O–H groups in total. The highest BCUT2D eigenvalue weighted by Gasteiger charge is 2.20. The zero-order chi connectivity index (χ0) is 9.52. The molecule has 1 aliphatic heterocycles. The van der Waals surface area contributed by atoms with E-state index >= 15 is 0 Å². The van der Waals surface area contributed by atoms with Crippen LogP contribution in [0.1, 0.15) is 25.7 Å². The molecule has 1 heterocycles. The second kappa shape index (κ2) is 6.35. The molecular formula is C10H22N2O. The van der Waals surface area contributed by atoms with Gasteiger partial charge < -0.3 is 10.4 Å². The predicted molar refractivity (Wildman–Crippen MR) is 54.8 cm³/mol. The number of nitrogens with zero attached hydrogens (tertiary/aromatic N) is 1. The predicted octanol–water partition coefficient (Wildman–Crippen LogP) is 0.443. The minimum Gasteiger partial charge on any atom is -0.395 e. The Morgan fingerprint density at radius 3 is 3.00 bits per heavy atom. The van der Waals surface area contributed by atoms with Crippen LogP contribution in [0.3, 0.4) is 0 Å². The molecule has 13 heavy (non-hydrogen) atoms. The van der Waals surface area contributed by atoms with E-state index in [1.165, 1.54) is 32.2 Å². The van der Waals surface area contributed by atoms with Gasteiger partial charge in [0.2, 0.25) is 0 Å². The number of rotatable bonds is 5. The van der Waals surface area contributed by atoms with E-state index in [1.807, 2.05) is 7.05 Å². The van der Waals surface area contributed by atoms with E-state index in [0.29, 0.717) is 12.6 Å². The molecule has 0 bridgehead atoms. The molecule has 1 aliphatic rings. The number of likely N-dealkylation sites (tertiary alicyclic amines) is 1. The number of aliphatic hydroxyl groups excluding tert-OH is 1. The Morgan fingerprint density at radius 2 is 2.31 bits per heavy atom. The minimum absolute atomic E-state index is 0.302. The quantitative estimate of drug-likeness (QED) is 0.654. The molecule has 1 unspecified atom stereocenters. The van der Waals surface area contributed by atoms with Gasteiger partial charge in [-0.25, -0.2) is 0 Å². The van der Waals surface area contributed by atoms with Gasteiger partial charge in [-0.05, 0) is 39.4 Å². The summed E-state index contributed by atoms with van der Waals surface area (Å²) in [5, 5.41) is 12.1. The lowest BCUT2D eigenvalue weighted by atomic mass is 9.99. The van der Waals surface area contributed by atoms with Crippen molar-refractivity contribution in [2.24, 2.45) is 0 Å². The number of hydrogen-bond acceptors (Lipinski definition) is 3. The monoisotopic (exact) mass is 186 g/mol. The van der Waals surface area contributed by atoms with E-state index in [1.54, 1.807) is 0 Å². The van der Waals surface area contributed by atoms with Crippen LogP contribution < -0.4 is 5.32 Å². The van der Waals surface area contributed by atoms with Crippen molar-refractivity contribution >= 4 is 0 Å². The first kappa shape index (κ1) is 11.0. The van der Waals surface area contributed by atoms with Gasteiger partial charge in [0.05, 0.1) is 6.61 Å². The van der Waals surface area contributed by atoms with Crippen molar-refractivity contribution in [1.82, 2.24) is 10.2 Å². The van der Waals surface area contributed by atoms with Crippen LogP contribution in [-0.4, -0.2) is 49.3 Å². The molecule has 1 atom stereocenters. The Balaban J connectivity index is 2.28. The third-order valence-electron chi connectivity index (χ3n) is 2.86. The van der Waals surface area contributed by atoms with Gasteiger partial charge in [0, 0.05) is 12.6 Å². The Hall–Kier alpha value is -0.120. The van der Waals surface area contributed by atoms with Crippen LogP contribution in [0.2, 0.25) is 0 Å². The van der Waals surface area contributed by atoms with Gasteiger partial charge in [0.25, 0.3) is 0 Å². The molecule has 3 heteroatoms. The normalized spacial score (nSPS) is 24.9. The molecule has 1 saturated heterocycles. The summed E-state index contributed by atoms with van der Waals surface area (Å²) in [6.07, 6.45) is 5.19. The molecule has 78 valence electrons. The van der Waals surface area contributed by atoms with E-state index in [4.69, 9.17) is 5.11 Å². The highest BCUT2D eigenvalue weighted by atomic mass is 16.3. The lowest BCUT2D eigenvalue weighted by Crippen LogP contribution is -2.42. The summed E-state index contributed by atoms with van der Waals surface area (Å²) in [5.41, 5.74) is 0. The zero-order valence-corrected chi connectivity index (χ0v) is 8.63. The average molecular weight is 186 g/mol. The summed E-state index contributed by atoms with van der Waals surface area (Å²) in [6, 6.07) is 0.702. The molecule has 1 rings (SSSR count). The topological polar surface area (TPSA) is 35.5 Å². The molecule has 0 radical (unpaired) electrons. The first-order chi connectivity index (χ1) is 6.38. The molecule has 0 spiro atoms. The van der Waals surface area contributed by atoms with Crippen molar-refractivity contribution in [3.63, 3.8) is 0 Å². The fourth-order valence-corrected chi connectivity index (χ4v) is 2.12. The zero-order valence-electron chi connectivity index (χ0n) is 8.63. The van der Waals surface area contributed by atoms with E-state index < -0.39 is 0 Å². The van der Waals surface area contributed by atoms with Gasteiger partial charge in [-0.3, -0.25) is 4.90 Å². The van der Waals surface area contributed by atoms with Gasteiger partial charge in [0.1, 0.15) is 0 Å². The fraction of sp³-hybridized carbons (Fsp3) is 1.00. The highest BCUT2D eigenvalue weighted by molar-refractivity contribution is 4.76. The summed E-state index contributed by atoms with van der Waals surface area (Å²) in [4.78, 5) is 2.43. The number of β-amino-alcohol motifs (C(OH)–C–C–N with tert-alkyl or cyclic N) is 1. The third kappa shape index (κ3) is 3.63. The van der Waals surface area contributed by atoms with Crippen LogP contribution in [0, 0.1) is 0 Å². The summed E-state index contributed by atoms with van der Waals surface area (Å²) in [7, 11) is 2.00. The molecule has 3 nitrogen and oxygen atoms in total. The Morgan fingerprint density at radius 1 is 1.46 bits per heavy atom. The van der Waals surface area contributed by atoms with Crippen LogP contribution in [0.4, 0.5) is 0 Å². The fourth-order valence-electron chi connectivity index (χ4n) is 2.12. The molecule has 0 aliphatic carbocycles. The van der Waals surface area contributed by atoms with Crippen molar-refractivity contribution < 1.29 is 5.11 Å². The molecule has 0 aromatic heterocycles. The average Bonchev–Trinajstić information content (AvgIpc) is 2.17. The second-order valence-corrected chi connectivity index (χ2v) is 3.80. The van der Waals surface area contributed by atoms with Crippen molar-refractivity contribution in [3.05, 3.63) is 0 Å². The van der Waals surface area contributed by atoms with Crippen LogP contribution in [-0.2, 0) is 0 Å². The highest BCUT2D eigenvalue weighted by Crippen LogP contribution is 2.18. The smallest absolute Gasteiger partial charge is 0.0558 e. The molecule has 0 aromatic rings. The summed E-state index contributed by atoms with van der Waals surface area (Å²) in [6.45, 7) is 3.42. The summed E-state index contributed by atoms with van der Waals surface area (Å²) < 4.78 is 0. The largest absolute Gasteiger partial charge is 0.395 e. The lowest BCUT2D eigenvalue weighted by Gasteiger charge is -2.35. The maximum Gasteiger partial charge on any atom is 0.0558 e. The van der Waals surface area contributed by atoms with Crippen LogP contribution in [0.25, 0.3) is 0 Å². The standard InChI is InChI=1S/C10H22N2O/c1-11-6-5-10-4-2-3-7-12(10)8-9-13/h10-11,13H,2-9H2,1H3. The summed E-state index contributed by atoms with van der Waals surface area (Å²) in [5.74, 6) is 0. The third-order valence-corrected chi connectivity index (χ3v) is 2.86. The van der Waals surface area contributed by atoms with E-state index in [0.717, 1.165) is 13.1 Å². The van der Waals surface area contributed by atoms with Gasteiger partial charge in [-0.1, -0.05) is 6.42 Å². The van der Waals surface area contributed by atoms with Gasteiger partial charge in [-0.15, -0.1) is 0 Å². The SMILES string of the molecule is CNCCC1CCCCN1CCO. The number of piperidine rings is 1. The molecular weight excluding hydrogens is 164 g/mol. The number of aliphatic hydroxyl groups is 1. The van der Waals surface area contributed by atoms with Crippen LogP contribution >= 0.6 is 0 Å². The Labute approximate surface area is 81.1 Å². The maximum atomic E-state index is 8.90. The first-order valence-corrected chi connectivity index (χ1v) is 5.38. The van der Waals surface area contributed by atoms with Crippen LogP contribution in [0.15, 0.2) is 0 Å². The molecule has 0 saturated carbocycles. The lowest BCUT2D eigenvalue weighted by molar-refractivity contribution is 0.111. The van der Waals surface area contributed by atoms with E-state index in [9.17, 15) is 0 Å².